The van der Waals surface area contributed by atoms with E-state index in [2.05, 4.69) is 47.0 Å². The van der Waals surface area contributed by atoms with Crippen molar-refractivity contribution < 1.29 is 4.74 Å². The highest BCUT2D eigenvalue weighted by Gasteiger charge is 2.30. The number of aryl methyl sites for hydroxylation is 2. The van der Waals surface area contributed by atoms with Crippen molar-refractivity contribution in [2.24, 2.45) is 7.05 Å². The fraction of sp³-hybridized carbons (Fsp3) is 0.455. The molecule has 2 heterocycles. The topological polar surface area (TPSA) is 48.1 Å². The minimum atomic E-state index is 0.637. The second-order valence-corrected chi connectivity index (χ2v) is 7.67. The SMILES string of the molecule is Cc1nn(C)c(C)c1CN(Cc1ccccc1OCCn1ccnc1)C1CC1. The summed E-state index contributed by atoms with van der Waals surface area (Å²) in [4.78, 5) is 6.66. The first-order chi connectivity index (χ1) is 13.6. The van der Waals surface area contributed by atoms with E-state index in [1.165, 1.54) is 29.7 Å². The zero-order valence-corrected chi connectivity index (χ0v) is 17.0. The third-order valence-electron chi connectivity index (χ3n) is 5.60. The van der Waals surface area contributed by atoms with Gasteiger partial charge >= 0.3 is 0 Å². The first kappa shape index (κ1) is 18.7. The molecule has 0 atom stereocenters. The lowest BCUT2D eigenvalue weighted by atomic mass is 10.1. The van der Waals surface area contributed by atoms with Crippen molar-refractivity contribution in [2.45, 2.75) is 52.4 Å². The van der Waals surface area contributed by atoms with E-state index >= 15 is 0 Å². The Hall–Kier alpha value is -2.60. The fourth-order valence-electron chi connectivity index (χ4n) is 3.68. The number of rotatable bonds is 9. The molecule has 148 valence electrons. The molecule has 6 heteroatoms. The van der Waals surface area contributed by atoms with Gasteiger partial charge in [-0.3, -0.25) is 9.58 Å². The lowest BCUT2D eigenvalue weighted by Gasteiger charge is -2.24. The monoisotopic (exact) mass is 379 g/mol. The Morgan fingerprint density at radius 2 is 2.00 bits per heavy atom. The predicted octanol–water partition coefficient (Wildman–Crippen LogP) is 3.48. The van der Waals surface area contributed by atoms with Gasteiger partial charge in [0.25, 0.3) is 0 Å². The normalized spacial score (nSPS) is 14.0. The molecule has 28 heavy (non-hydrogen) atoms. The van der Waals surface area contributed by atoms with Gasteiger partial charge in [0, 0.05) is 55.4 Å². The van der Waals surface area contributed by atoms with Gasteiger partial charge in [-0.2, -0.15) is 5.10 Å². The molecule has 0 N–H and O–H groups in total. The molecule has 2 aromatic heterocycles. The van der Waals surface area contributed by atoms with E-state index in [1.54, 1.807) is 6.20 Å². The molecule has 1 fully saturated rings. The summed E-state index contributed by atoms with van der Waals surface area (Å²) in [5.74, 6) is 0.980. The van der Waals surface area contributed by atoms with Gasteiger partial charge in [-0.15, -0.1) is 0 Å². The number of imidazole rings is 1. The summed E-state index contributed by atoms with van der Waals surface area (Å²) in [5, 5.41) is 4.59. The average Bonchev–Trinajstić information content (AvgIpc) is 3.35. The molecule has 3 aromatic rings. The lowest BCUT2D eigenvalue weighted by Crippen LogP contribution is -2.26. The molecule has 1 saturated carbocycles. The Morgan fingerprint density at radius 1 is 1.18 bits per heavy atom. The van der Waals surface area contributed by atoms with Gasteiger partial charge in [-0.1, -0.05) is 18.2 Å². The number of aromatic nitrogens is 4. The molecule has 0 amide bonds. The summed E-state index contributed by atoms with van der Waals surface area (Å²) in [5.41, 5.74) is 5.00. The van der Waals surface area contributed by atoms with Gasteiger partial charge in [0.2, 0.25) is 0 Å². The Kier molecular flexibility index (Phi) is 5.48. The van der Waals surface area contributed by atoms with Crippen molar-refractivity contribution in [3.05, 3.63) is 65.5 Å². The van der Waals surface area contributed by atoms with E-state index in [0.717, 1.165) is 31.1 Å². The number of para-hydroxylation sites is 1. The molecule has 6 nitrogen and oxygen atoms in total. The zero-order valence-electron chi connectivity index (χ0n) is 17.0. The molecule has 0 spiro atoms. The van der Waals surface area contributed by atoms with Crippen LogP contribution in [0, 0.1) is 13.8 Å². The molecule has 0 bridgehead atoms. The van der Waals surface area contributed by atoms with E-state index in [9.17, 15) is 0 Å². The van der Waals surface area contributed by atoms with Crippen molar-refractivity contribution in [1.29, 1.82) is 0 Å². The summed E-state index contributed by atoms with van der Waals surface area (Å²) in [6.07, 6.45) is 8.14. The molecule has 4 rings (SSSR count). The number of hydrogen-bond donors (Lipinski definition) is 0. The van der Waals surface area contributed by atoms with Crippen LogP contribution in [0.3, 0.4) is 0 Å². The molecule has 0 aliphatic heterocycles. The van der Waals surface area contributed by atoms with Gasteiger partial charge in [0.1, 0.15) is 12.4 Å². The van der Waals surface area contributed by atoms with Crippen LogP contribution in [-0.4, -0.2) is 36.9 Å². The maximum absolute atomic E-state index is 6.12. The summed E-state index contributed by atoms with van der Waals surface area (Å²) < 4.78 is 10.1. The highest BCUT2D eigenvalue weighted by atomic mass is 16.5. The second kappa shape index (κ2) is 8.19. The highest BCUT2D eigenvalue weighted by Crippen LogP contribution is 2.32. The first-order valence-electron chi connectivity index (χ1n) is 10.0. The maximum atomic E-state index is 6.12. The third-order valence-corrected chi connectivity index (χ3v) is 5.60. The highest BCUT2D eigenvalue weighted by molar-refractivity contribution is 5.34. The lowest BCUT2D eigenvalue weighted by molar-refractivity contribution is 0.235. The summed E-state index contributed by atoms with van der Waals surface area (Å²) in [6.45, 7) is 7.56. The van der Waals surface area contributed by atoms with Crippen LogP contribution in [0.4, 0.5) is 0 Å². The van der Waals surface area contributed by atoms with Crippen LogP contribution < -0.4 is 4.74 Å². The van der Waals surface area contributed by atoms with Gasteiger partial charge in [-0.25, -0.2) is 4.98 Å². The zero-order chi connectivity index (χ0) is 19.5. The minimum Gasteiger partial charge on any atom is -0.491 e. The van der Waals surface area contributed by atoms with Gasteiger partial charge in [-0.05, 0) is 32.8 Å². The maximum Gasteiger partial charge on any atom is 0.123 e. The molecule has 0 saturated heterocycles. The van der Waals surface area contributed by atoms with E-state index in [4.69, 9.17) is 4.74 Å². The quantitative estimate of drug-likeness (QED) is 0.571. The number of benzene rings is 1. The van der Waals surface area contributed by atoms with Crippen molar-refractivity contribution in [3.8, 4) is 5.75 Å². The second-order valence-electron chi connectivity index (χ2n) is 7.67. The van der Waals surface area contributed by atoms with Gasteiger partial charge in [0.15, 0.2) is 0 Å². The largest absolute Gasteiger partial charge is 0.491 e. The fourth-order valence-corrected chi connectivity index (χ4v) is 3.68. The smallest absolute Gasteiger partial charge is 0.123 e. The Labute approximate surface area is 166 Å². The van der Waals surface area contributed by atoms with E-state index in [0.29, 0.717) is 12.6 Å². The minimum absolute atomic E-state index is 0.637. The van der Waals surface area contributed by atoms with Crippen molar-refractivity contribution in [3.63, 3.8) is 0 Å². The van der Waals surface area contributed by atoms with Gasteiger partial charge in [0.05, 0.1) is 18.6 Å². The van der Waals surface area contributed by atoms with Crippen molar-refractivity contribution in [1.82, 2.24) is 24.2 Å². The first-order valence-corrected chi connectivity index (χ1v) is 10.0. The van der Waals surface area contributed by atoms with E-state index in [1.807, 2.05) is 34.9 Å². The Bertz CT molecular complexity index is 911. The number of hydrogen-bond acceptors (Lipinski definition) is 4. The molecular weight excluding hydrogens is 350 g/mol. The summed E-state index contributed by atoms with van der Waals surface area (Å²) >= 11 is 0. The van der Waals surface area contributed by atoms with Crippen molar-refractivity contribution >= 4 is 0 Å². The molecule has 1 aliphatic rings. The molecule has 1 aliphatic carbocycles. The molecule has 1 aromatic carbocycles. The van der Waals surface area contributed by atoms with Crippen LogP contribution in [0.1, 0.15) is 35.4 Å². The van der Waals surface area contributed by atoms with Crippen LogP contribution in [0.25, 0.3) is 0 Å². The third kappa shape index (κ3) is 4.28. The number of nitrogens with zero attached hydrogens (tertiary/aromatic N) is 5. The van der Waals surface area contributed by atoms with E-state index < -0.39 is 0 Å². The van der Waals surface area contributed by atoms with Crippen LogP contribution >= 0.6 is 0 Å². The van der Waals surface area contributed by atoms with Crippen LogP contribution in [0.5, 0.6) is 5.75 Å². The Balaban J connectivity index is 1.45. The van der Waals surface area contributed by atoms with Crippen LogP contribution in [0.2, 0.25) is 0 Å². The molecule has 0 unspecified atom stereocenters. The molecule has 0 radical (unpaired) electrons. The van der Waals surface area contributed by atoms with E-state index in [-0.39, 0.29) is 0 Å². The summed E-state index contributed by atoms with van der Waals surface area (Å²) in [6, 6.07) is 9.08. The molecular formula is C22H29N5O. The Morgan fingerprint density at radius 3 is 2.68 bits per heavy atom. The van der Waals surface area contributed by atoms with Crippen LogP contribution in [-0.2, 0) is 26.7 Å². The van der Waals surface area contributed by atoms with Crippen molar-refractivity contribution in [2.75, 3.05) is 6.61 Å². The standard InChI is InChI=1S/C22H29N5O/c1-17-21(18(2)25(3)24-17)15-27(20-8-9-20)14-19-6-4-5-7-22(19)28-13-12-26-11-10-23-16-26/h4-7,10-11,16,20H,8-9,12-15H2,1-3H3. The summed E-state index contributed by atoms with van der Waals surface area (Å²) in [7, 11) is 2.02. The number of ether oxygens (including phenoxy) is 1. The van der Waals surface area contributed by atoms with Gasteiger partial charge < -0.3 is 9.30 Å². The van der Waals surface area contributed by atoms with Crippen LogP contribution in [0.15, 0.2) is 43.0 Å². The average molecular weight is 380 g/mol. The predicted molar refractivity (Wildman–Crippen MR) is 109 cm³/mol.